The minimum Gasteiger partial charge on any atom is -0.481 e. The van der Waals surface area contributed by atoms with Crippen LogP contribution in [0.3, 0.4) is 0 Å². The van der Waals surface area contributed by atoms with E-state index in [9.17, 15) is 57.5 Å². The Kier molecular flexibility index (Phi) is 43.4. The van der Waals surface area contributed by atoms with E-state index in [-0.39, 0.29) is 134 Å². The first kappa shape index (κ1) is 80.5. The van der Waals surface area contributed by atoms with Gasteiger partial charge in [-0.1, -0.05) is 38.5 Å². The summed E-state index contributed by atoms with van der Waals surface area (Å²) in [5.74, 6) is -5.51. The lowest BCUT2D eigenvalue weighted by molar-refractivity contribution is -0.266. The average molecular weight is 1300 g/mol. The van der Waals surface area contributed by atoms with E-state index < -0.39 is 97.0 Å². The summed E-state index contributed by atoms with van der Waals surface area (Å²) < 4.78 is 66.6. The van der Waals surface area contributed by atoms with E-state index in [2.05, 4.69) is 26.6 Å². The van der Waals surface area contributed by atoms with Gasteiger partial charge in [-0.15, -0.1) is 0 Å². The summed E-state index contributed by atoms with van der Waals surface area (Å²) in [6, 6.07) is -0.567. The van der Waals surface area contributed by atoms with Crippen LogP contribution in [0, 0.1) is 0 Å². The summed E-state index contributed by atoms with van der Waals surface area (Å²) >= 11 is 0. The van der Waals surface area contributed by atoms with Crippen LogP contribution in [0.5, 0.6) is 0 Å². The Balaban J connectivity index is 1.68. The molecule has 5 amide bonds. The van der Waals surface area contributed by atoms with Crippen LogP contribution in [-0.2, 0) is 114 Å². The van der Waals surface area contributed by atoms with Crippen LogP contribution in [0.2, 0.25) is 0 Å². The van der Waals surface area contributed by atoms with Gasteiger partial charge in [0.1, 0.15) is 37.6 Å². The van der Waals surface area contributed by atoms with Crippen LogP contribution in [0.25, 0.3) is 0 Å². The lowest BCUT2D eigenvalue weighted by atomic mass is 10.0. The van der Waals surface area contributed by atoms with E-state index in [1.165, 1.54) is 41.5 Å². The molecule has 30 nitrogen and oxygen atoms in total. The number of carboxylic acids is 1. The van der Waals surface area contributed by atoms with Gasteiger partial charge in [-0.2, -0.15) is 0 Å². The van der Waals surface area contributed by atoms with Gasteiger partial charge in [0.2, 0.25) is 29.5 Å². The van der Waals surface area contributed by atoms with Crippen LogP contribution in [-0.4, -0.2) is 211 Å². The molecular weight excluding hydrogens is 1200 g/mol. The number of ether oxygens (including phenoxy) is 12. The Bertz CT molecular complexity index is 2100. The van der Waals surface area contributed by atoms with Gasteiger partial charge in [0.25, 0.3) is 0 Å². The molecule has 0 aromatic carbocycles. The third-order valence-electron chi connectivity index (χ3n) is 13.8. The number of rotatable bonds is 50. The number of nitrogens with one attached hydrogen (secondary N) is 5. The Morgan fingerprint density at radius 1 is 0.396 bits per heavy atom. The van der Waals surface area contributed by atoms with Gasteiger partial charge < -0.3 is 88.5 Å². The maximum atomic E-state index is 13.0. The first-order valence-electron chi connectivity index (χ1n) is 31.7. The number of hydrogen-bond donors (Lipinski definition) is 6. The number of hydrogen-bond acceptors (Lipinski definition) is 24. The highest BCUT2D eigenvalue weighted by Gasteiger charge is 2.45. The maximum Gasteiger partial charge on any atom is 0.303 e. The Morgan fingerprint density at radius 3 is 1.10 bits per heavy atom. The fourth-order valence-electron chi connectivity index (χ4n) is 9.49. The number of carbonyl (C=O) groups is 12. The Labute approximate surface area is 532 Å². The second kappa shape index (κ2) is 49.1. The van der Waals surface area contributed by atoms with Gasteiger partial charge >= 0.3 is 41.8 Å². The van der Waals surface area contributed by atoms with Crippen molar-refractivity contribution in [3.05, 3.63) is 0 Å². The molecule has 6 N–H and O–H groups in total. The van der Waals surface area contributed by atoms with Gasteiger partial charge in [-0.3, -0.25) is 57.5 Å². The molecule has 2 aliphatic rings. The molecule has 2 saturated heterocycles. The summed E-state index contributed by atoms with van der Waals surface area (Å²) in [6.07, 6.45) is 3.52. The lowest BCUT2D eigenvalue weighted by Gasteiger charge is -2.39. The minimum atomic E-state index is -1.02. The molecule has 0 bridgehead atoms. The molecule has 0 aliphatic carbocycles. The summed E-state index contributed by atoms with van der Waals surface area (Å²) in [6.45, 7) is 8.58. The molecular formula is C61H101N5O25. The molecule has 91 heavy (non-hydrogen) atoms. The van der Waals surface area contributed by atoms with E-state index in [4.69, 9.17) is 61.9 Å². The monoisotopic (exact) mass is 1300 g/mol. The van der Waals surface area contributed by atoms with E-state index >= 15 is 0 Å². The first-order chi connectivity index (χ1) is 43.5. The van der Waals surface area contributed by atoms with Crippen molar-refractivity contribution in [1.29, 1.82) is 0 Å². The SMILES string of the molecule is CC(=O)OC[C@H]1O[C@@H](OCCCCC(=O)NCCCNC(=O)CCOCC(COCCC(=O)NCCCNC(=O)CCCCO[C@H]2C[C@@H](OC(C)=O)[C@@H](OC(C)=O)[C@@H](COC(C)=O)O2)NC(=O)CCCCCCCCCCC(=O)O)C[C@@H](OC(C)=O)[C@H]1OC(C)=O. The van der Waals surface area contributed by atoms with Crippen molar-refractivity contribution < 1.29 is 119 Å². The highest BCUT2D eigenvalue weighted by Crippen LogP contribution is 2.29. The third-order valence-corrected chi connectivity index (χ3v) is 13.8. The molecule has 520 valence electrons. The molecule has 0 radical (unpaired) electrons. The zero-order valence-corrected chi connectivity index (χ0v) is 54.0. The van der Waals surface area contributed by atoms with Crippen LogP contribution in [0.4, 0.5) is 0 Å². The number of aliphatic carboxylic acids is 1. The zero-order chi connectivity index (χ0) is 67.2. The summed E-state index contributed by atoms with van der Waals surface area (Å²) in [5.41, 5.74) is 0. The average Bonchev–Trinajstić information content (AvgIpc) is 1.92. The van der Waals surface area contributed by atoms with Crippen molar-refractivity contribution in [3.63, 3.8) is 0 Å². The summed E-state index contributed by atoms with van der Waals surface area (Å²) in [4.78, 5) is 144. The predicted molar refractivity (Wildman–Crippen MR) is 320 cm³/mol. The zero-order valence-electron chi connectivity index (χ0n) is 54.0. The first-order valence-corrected chi connectivity index (χ1v) is 31.7. The molecule has 0 unspecified atom stereocenters. The molecule has 2 aliphatic heterocycles. The molecule has 0 spiro atoms. The van der Waals surface area contributed by atoms with E-state index in [1.54, 1.807) is 0 Å². The molecule has 0 aromatic heterocycles. The molecule has 0 saturated carbocycles. The molecule has 2 rings (SSSR count). The summed E-state index contributed by atoms with van der Waals surface area (Å²) in [7, 11) is 0. The highest BCUT2D eigenvalue weighted by molar-refractivity contribution is 5.78. The molecule has 0 aromatic rings. The van der Waals surface area contributed by atoms with Gasteiger partial charge in [0.05, 0.1) is 32.5 Å². The topological polar surface area (TPSA) is 396 Å². The van der Waals surface area contributed by atoms with Crippen molar-refractivity contribution in [2.45, 2.75) is 238 Å². The maximum absolute atomic E-state index is 13.0. The van der Waals surface area contributed by atoms with E-state index in [1.807, 2.05) is 0 Å². The quantitative estimate of drug-likeness (QED) is 0.0290. The molecule has 8 atom stereocenters. The largest absolute Gasteiger partial charge is 0.481 e. The predicted octanol–water partition coefficient (Wildman–Crippen LogP) is 2.97. The van der Waals surface area contributed by atoms with Crippen molar-refractivity contribution in [1.82, 2.24) is 26.6 Å². The van der Waals surface area contributed by atoms with Gasteiger partial charge in [-0.05, 0) is 51.4 Å². The van der Waals surface area contributed by atoms with E-state index in [0.29, 0.717) is 77.5 Å². The smallest absolute Gasteiger partial charge is 0.303 e. The Morgan fingerprint density at radius 2 is 0.736 bits per heavy atom. The lowest BCUT2D eigenvalue weighted by Crippen LogP contribution is -2.54. The molecule has 2 fully saturated rings. The summed E-state index contributed by atoms with van der Waals surface area (Å²) in [5, 5.41) is 23.0. The fourth-order valence-corrected chi connectivity index (χ4v) is 9.49. The number of unbranched alkanes of at least 4 members (excludes halogenated alkanes) is 9. The van der Waals surface area contributed by atoms with Crippen molar-refractivity contribution >= 4 is 71.3 Å². The standard InChI is InChI=1S/C61H101N5O25/c1-41(67)84-39-50-60(88-45(5)71)48(86-43(3)69)35-58(90-50)82-31-17-15-21-52(73)62-27-19-29-64-54(75)25-33-80-37-47(66-56(77)23-13-11-9-7-8-10-12-14-24-57(78)79)38-81-34-26-55(76)65-30-20-28-63-53(74)22-16-18-32-83-59-36-49(87-44(4)70)61(89-46(6)72)51(91-59)40-85-42(2)68/h47-51,58-61H,7-40H2,1-6H3,(H,62,73)(H,63,74)(H,64,75)(H,65,76)(H,66,77)(H,78,79)/t48-,49-,50-,51-,58-,59-,60-,61-/m1/s1. The second-order valence-corrected chi connectivity index (χ2v) is 22.1. The minimum absolute atomic E-state index is 0.0382. The van der Waals surface area contributed by atoms with E-state index in [0.717, 1.165) is 38.5 Å². The van der Waals surface area contributed by atoms with Gasteiger partial charge in [0.15, 0.2) is 24.8 Å². The second-order valence-electron chi connectivity index (χ2n) is 22.1. The number of carbonyl (C=O) groups excluding carboxylic acids is 11. The van der Waals surface area contributed by atoms with Crippen LogP contribution < -0.4 is 26.6 Å². The van der Waals surface area contributed by atoms with Crippen LogP contribution in [0.15, 0.2) is 0 Å². The molecule has 2 heterocycles. The fraction of sp³-hybridized carbons (Fsp3) is 0.803. The highest BCUT2D eigenvalue weighted by atomic mass is 16.7. The number of amides is 5. The number of esters is 6. The van der Waals surface area contributed by atoms with Crippen LogP contribution in [0.1, 0.15) is 183 Å². The van der Waals surface area contributed by atoms with Crippen molar-refractivity contribution in [3.8, 4) is 0 Å². The van der Waals surface area contributed by atoms with Gasteiger partial charge in [0, 0.05) is 132 Å². The van der Waals surface area contributed by atoms with Crippen LogP contribution >= 0.6 is 0 Å². The molecule has 30 heteroatoms. The van der Waals surface area contributed by atoms with Crippen molar-refractivity contribution in [2.24, 2.45) is 0 Å². The van der Waals surface area contributed by atoms with Crippen molar-refractivity contribution in [2.75, 3.05) is 79.0 Å². The third kappa shape index (κ3) is 42.2. The number of carboxylic acid groups (broad SMARTS) is 1. The van der Waals surface area contributed by atoms with Gasteiger partial charge in [-0.25, -0.2) is 0 Å². The normalized spacial score (nSPS) is 19.4. The Hall–Kier alpha value is -6.60.